The Balaban J connectivity index is 1.97. The first-order chi connectivity index (χ1) is 9.69. The first-order valence-corrected chi connectivity index (χ1v) is 6.00. The van der Waals surface area contributed by atoms with Crippen molar-refractivity contribution in [2.24, 2.45) is 0 Å². The van der Waals surface area contributed by atoms with Gasteiger partial charge in [-0.25, -0.2) is 4.39 Å². The largest absolute Gasteiger partial charge is 0.508 e. The van der Waals surface area contributed by atoms with Gasteiger partial charge < -0.3 is 15.2 Å². The molecule has 0 atom stereocenters. The number of hydrogen-bond donors (Lipinski definition) is 2. The van der Waals surface area contributed by atoms with E-state index in [0.717, 1.165) is 5.69 Å². The monoisotopic (exact) mass is 272 g/mol. The molecule has 2 aromatic carbocycles. The topological polar surface area (TPSA) is 65.3 Å². The molecule has 5 heteroatoms. The van der Waals surface area contributed by atoms with Crippen LogP contribution in [0.2, 0.25) is 0 Å². The Morgan fingerprint density at radius 3 is 2.65 bits per heavy atom. The van der Waals surface area contributed by atoms with Crippen molar-refractivity contribution < 1.29 is 14.2 Å². The van der Waals surface area contributed by atoms with Crippen molar-refractivity contribution in [1.29, 1.82) is 5.26 Å². The minimum atomic E-state index is -0.389. The van der Waals surface area contributed by atoms with Gasteiger partial charge in [-0.1, -0.05) is 0 Å². The lowest BCUT2D eigenvalue weighted by atomic mass is 10.2. The highest BCUT2D eigenvalue weighted by Gasteiger charge is 2.03. The van der Waals surface area contributed by atoms with Gasteiger partial charge in [0.25, 0.3) is 0 Å². The molecule has 4 nitrogen and oxygen atoms in total. The highest BCUT2D eigenvalue weighted by molar-refractivity contribution is 5.47. The van der Waals surface area contributed by atoms with Crippen molar-refractivity contribution in [2.45, 2.75) is 6.54 Å². The van der Waals surface area contributed by atoms with Gasteiger partial charge in [-0.3, -0.25) is 0 Å². The molecule has 0 heterocycles. The summed E-state index contributed by atoms with van der Waals surface area (Å²) in [7, 11) is 0. The smallest absolute Gasteiger partial charge is 0.174 e. The Labute approximate surface area is 116 Å². The highest BCUT2D eigenvalue weighted by Crippen LogP contribution is 2.20. The number of benzene rings is 2. The molecule has 0 saturated carbocycles. The predicted octanol–water partition coefficient (Wildman–Crippen LogP) is 3.05. The van der Waals surface area contributed by atoms with E-state index in [2.05, 4.69) is 5.32 Å². The van der Waals surface area contributed by atoms with Gasteiger partial charge >= 0.3 is 0 Å². The van der Waals surface area contributed by atoms with E-state index in [9.17, 15) is 9.50 Å². The second-order valence-electron chi connectivity index (χ2n) is 4.10. The zero-order valence-electron chi connectivity index (χ0n) is 10.6. The van der Waals surface area contributed by atoms with Gasteiger partial charge in [-0.2, -0.15) is 5.26 Å². The number of hydrogen-bond acceptors (Lipinski definition) is 4. The molecule has 0 saturated heterocycles. The van der Waals surface area contributed by atoms with Crippen LogP contribution in [-0.4, -0.2) is 11.7 Å². The van der Waals surface area contributed by atoms with Gasteiger partial charge in [-0.15, -0.1) is 0 Å². The molecule has 0 aliphatic rings. The Morgan fingerprint density at radius 2 is 1.95 bits per heavy atom. The molecular weight excluding hydrogens is 259 g/mol. The van der Waals surface area contributed by atoms with E-state index in [4.69, 9.17) is 10.00 Å². The number of phenols is 1. The van der Waals surface area contributed by atoms with Gasteiger partial charge in [-0.05, 0) is 42.5 Å². The van der Waals surface area contributed by atoms with Crippen LogP contribution in [0, 0.1) is 17.1 Å². The zero-order valence-corrected chi connectivity index (χ0v) is 10.6. The Bertz CT molecular complexity index is 621. The fourth-order valence-corrected chi connectivity index (χ4v) is 1.68. The molecule has 0 aliphatic heterocycles. The minimum Gasteiger partial charge on any atom is -0.508 e. The van der Waals surface area contributed by atoms with Gasteiger partial charge in [0.1, 0.15) is 23.4 Å². The highest BCUT2D eigenvalue weighted by atomic mass is 19.1. The number of phenolic OH excluding ortho intramolecular Hbond substituents is 1. The van der Waals surface area contributed by atoms with Crippen molar-refractivity contribution in [3.05, 3.63) is 53.8 Å². The number of nitrogens with zero attached hydrogens (tertiary/aromatic N) is 1. The molecule has 0 aliphatic carbocycles. The average Bonchev–Trinajstić information content (AvgIpc) is 2.47. The van der Waals surface area contributed by atoms with E-state index in [1.54, 1.807) is 24.3 Å². The van der Waals surface area contributed by atoms with E-state index in [1.807, 2.05) is 6.07 Å². The molecular formula is C15H13FN2O2. The van der Waals surface area contributed by atoms with Crippen molar-refractivity contribution in [1.82, 2.24) is 0 Å². The summed E-state index contributed by atoms with van der Waals surface area (Å²) in [5.74, 6) is 0.262. The Hall–Kier alpha value is -2.74. The van der Waals surface area contributed by atoms with Crippen LogP contribution in [-0.2, 0) is 6.54 Å². The van der Waals surface area contributed by atoms with Gasteiger partial charge in [0, 0.05) is 17.8 Å². The summed E-state index contributed by atoms with van der Waals surface area (Å²) < 4.78 is 18.2. The van der Waals surface area contributed by atoms with E-state index < -0.39 is 0 Å². The number of rotatable bonds is 5. The lowest BCUT2D eigenvalue weighted by molar-refractivity contribution is 0.368. The molecule has 0 amide bonds. The number of nitriles is 1. The average molecular weight is 272 g/mol. The molecule has 2 aromatic rings. The molecule has 102 valence electrons. The summed E-state index contributed by atoms with van der Waals surface area (Å²) in [6, 6.07) is 12.7. The summed E-state index contributed by atoms with van der Waals surface area (Å²) in [6.07, 6.45) is 0. The Kier molecular flexibility index (Phi) is 4.40. The molecule has 0 fully saturated rings. The van der Waals surface area contributed by atoms with E-state index >= 15 is 0 Å². The molecule has 0 bridgehead atoms. The van der Waals surface area contributed by atoms with Crippen molar-refractivity contribution in [3.63, 3.8) is 0 Å². The normalized spacial score (nSPS) is 9.80. The van der Waals surface area contributed by atoms with Crippen LogP contribution >= 0.6 is 0 Å². The Morgan fingerprint density at radius 1 is 1.20 bits per heavy atom. The fraction of sp³-hybridized carbons (Fsp3) is 0.133. The lowest BCUT2D eigenvalue weighted by Gasteiger charge is -2.09. The molecule has 0 spiro atoms. The van der Waals surface area contributed by atoms with Crippen molar-refractivity contribution in [3.8, 4) is 17.6 Å². The van der Waals surface area contributed by atoms with Gasteiger partial charge in [0.2, 0.25) is 0 Å². The summed E-state index contributed by atoms with van der Waals surface area (Å²) in [5, 5.41) is 21.1. The van der Waals surface area contributed by atoms with E-state index in [-0.39, 0.29) is 18.2 Å². The second-order valence-corrected chi connectivity index (χ2v) is 4.10. The number of halogens is 1. The van der Waals surface area contributed by atoms with Crippen LogP contribution in [0.5, 0.6) is 11.5 Å². The molecule has 0 unspecified atom stereocenters. The SMILES string of the molecule is N#CCOc1ccc(NCc2cc(F)ccc2O)cc1. The van der Waals surface area contributed by atoms with Crippen LogP contribution in [0.3, 0.4) is 0 Å². The summed E-state index contributed by atoms with van der Waals surface area (Å²) >= 11 is 0. The minimum absolute atomic E-state index is 0.00391. The second kappa shape index (κ2) is 6.43. The maximum Gasteiger partial charge on any atom is 0.174 e. The number of nitrogens with one attached hydrogen (secondary N) is 1. The van der Waals surface area contributed by atoms with Crippen LogP contribution in [0.1, 0.15) is 5.56 Å². The fourth-order valence-electron chi connectivity index (χ4n) is 1.68. The first-order valence-electron chi connectivity index (χ1n) is 6.00. The van der Waals surface area contributed by atoms with Crippen molar-refractivity contribution in [2.75, 3.05) is 11.9 Å². The third-order valence-electron chi connectivity index (χ3n) is 2.68. The van der Waals surface area contributed by atoms with Crippen LogP contribution in [0.15, 0.2) is 42.5 Å². The summed E-state index contributed by atoms with van der Waals surface area (Å²) in [4.78, 5) is 0. The third kappa shape index (κ3) is 3.62. The van der Waals surface area contributed by atoms with Crippen LogP contribution < -0.4 is 10.1 Å². The first kappa shape index (κ1) is 13.7. The zero-order chi connectivity index (χ0) is 14.4. The standard InChI is InChI=1S/C15H13FN2O2/c16-12-1-6-15(19)11(9-12)10-18-13-2-4-14(5-3-13)20-8-7-17/h1-6,9,18-19H,8,10H2. The number of aromatic hydroxyl groups is 1. The lowest BCUT2D eigenvalue weighted by Crippen LogP contribution is -2.00. The maximum absolute atomic E-state index is 13.1. The molecule has 20 heavy (non-hydrogen) atoms. The third-order valence-corrected chi connectivity index (χ3v) is 2.68. The summed E-state index contributed by atoms with van der Waals surface area (Å²) in [5.41, 5.74) is 1.28. The van der Waals surface area contributed by atoms with E-state index in [1.165, 1.54) is 18.2 Å². The van der Waals surface area contributed by atoms with Crippen molar-refractivity contribution >= 4 is 5.69 Å². The number of ether oxygens (including phenoxy) is 1. The van der Waals surface area contributed by atoms with Crippen LogP contribution in [0.4, 0.5) is 10.1 Å². The molecule has 2 N–H and O–H groups in total. The molecule has 0 aromatic heterocycles. The molecule has 2 rings (SSSR count). The van der Waals surface area contributed by atoms with Gasteiger partial charge in [0.15, 0.2) is 6.61 Å². The summed E-state index contributed by atoms with van der Waals surface area (Å²) in [6.45, 7) is 0.311. The molecule has 0 radical (unpaired) electrons. The number of anilines is 1. The quantitative estimate of drug-likeness (QED) is 0.878. The maximum atomic E-state index is 13.1. The van der Waals surface area contributed by atoms with Gasteiger partial charge in [0.05, 0.1) is 0 Å². The van der Waals surface area contributed by atoms with E-state index in [0.29, 0.717) is 17.9 Å². The van der Waals surface area contributed by atoms with Crippen LogP contribution in [0.25, 0.3) is 0 Å². The predicted molar refractivity (Wildman–Crippen MR) is 72.9 cm³/mol.